The highest BCUT2D eigenvalue weighted by molar-refractivity contribution is 6.22. The lowest BCUT2D eigenvalue weighted by Gasteiger charge is -2.38. The molecule has 134 valence electrons. The first kappa shape index (κ1) is 17.5. The van der Waals surface area contributed by atoms with Crippen LogP contribution < -0.4 is 4.90 Å². The third-order valence-electron chi connectivity index (χ3n) is 4.96. The van der Waals surface area contributed by atoms with Crippen molar-refractivity contribution in [3.8, 4) is 0 Å². The number of likely N-dealkylation sites (tertiary alicyclic amines) is 1. The van der Waals surface area contributed by atoms with E-state index in [2.05, 4.69) is 0 Å². The number of carbonyl (C=O) groups excluding carboxylic acids is 2. The average Bonchev–Trinajstić information content (AvgIpc) is 2.90. The highest BCUT2D eigenvalue weighted by Gasteiger charge is 2.45. The second kappa shape index (κ2) is 7.28. The molecule has 1 aromatic rings. The first-order valence-electron chi connectivity index (χ1n) is 8.51. The Balaban J connectivity index is 1.84. The molecule has 0 unspecified atom stereocenters. The fourth-order valence-corrected chi connectivity index (χ4v) is 3.78. The zero-order valence-corrected chi connectivity index (χ0v) is 13.8. The Kier molecular flexibility index (Phi) is 5.10. The van der Waals surface area contributed by atoms with Gasteiger partial charge in [-0.2, -0.15) is 0 Å². The van der Waals surface area contributed by atoms with Crippen molar-refractivity contribution >= 4 is 23.2 Å². The number of anilines is 1. The summed E-state index contributed by atoms with van der Waals surface area (Å²) >= 11 is 0. The van der Waals surface area contributed by atoms with Crippen LogP contribution in [0.5, 0.6) is 0 Å². The van der Waals surface area contributed by atoms with E-state index in [4.69, 9.17) is 0 Å². The number of nitrogens with zero attached hydrogens (tertiary/aromatic N) is 3. The minimum absolute atomic E-state index is 0.0462. The lowest BCUT2D eigenvalue weighted by Crippen LogP contribution is -2.50. The zero-order valence-electron chi connectivity index (χ0n) is 13.8. The van der Waals surface area contributed by atoms with Crippen molar-refractivity contribution in [1.82, 2.24) is 4.90 Å². The highest BCUT2D eigenvalue weighted by Crippen LogP contribution is 2.31. The maximum atomic E-state index is 12.9. The number of nitro benzene ring substituents is 1. The summed E-state index contributed by atoms with van der Waals surface area (Å²) in [6, 6.07) is 5.12. The van der Waals surface area contributed by atoms with Crippen molar-refractivity contribution in [2.45, 2.75) is 44.2 Å². The molecule has 0 spiro atoms. The predicted octanol–water partition coefficient (Wildman–Crippen LogP) is 1.46. The zero-order chi connectivity index (χ0) is 18.0. The van der Waals surface area contributed by atoms with Crippen molar-refractivity contribution in [1.29, 1.82) is 0 Å². The summed E-state index contributed by atoms with van der Waals surface area (Å²) in [7, 11) is 0. The third kappa shape index (κ3) is 3.40. The number of rotatable bonds is 5. The van der Waals surface area contributed by atoms with E-state index in [0.29, 0.717) is 6.42 Å². The average molecular weight is 347 g/mol. The molecule has 25 heavy (non-hydrogen) atoms. The van der Waals surface area contributed by atoms with Gasteiger partial charge in [0, 0.05) is 24.8 Å². The molecule has 2 amide bonds. The van der Waals surface area contributed by atoms with E-state index >= 15 is 0 Å². The lowest BCUT2D eigenvalue weighted by molar-refractivity contribution is -0.384. The molecule has 0 aliphatic carbocycles. The SMILES string of the molecule is O=C1C[C@H](N2CCCC[C@@H]2CCO)C(=O)N1c1cccc([N+](=O)[O-])c1. The number of imide groups is 1. The predicted molar refractivity (Wildman–Crippen MR) is 90.0 cm³/mol. The van der Waals surface area contributed by atoms with E-state index in [-0.39, 0.29) is 42.3 Å². The van der Waals surface area contributed by atoms with Gasteiger partial charge in [0.2, 0.25) is 5.91 Å². The Hall–Kier alpha value is -2.32. The number of amides is 2. The minimum Gasteiger partial charge on any atom is -0.396 e. The van der Waals surface area contributed by atoms with Crippen molar-refractivity contribution in [3.63, 3.8) is 0 Å². The number of benzene rings is 1. The number of non-ortho nitro benzene ring substituents is 1. The lowest BCUT2D eigenvalue weighted by atomic mass is 9.97. The fourth-order valence-electron chi connectivity index (χ4n) is 3.78. The Bertz CT molecular complexity index is 691. The molecule has 0 bridgehead atoms. The van der Waals surface area contributed by atoms with Gasteiger partial charge in [0.15, 0.2) is 0 Å². The van der Waals surface area contributed by atoms with Crippen LogP contribution in [0.15, 0.2) is 24.3 Å². The number of hydrogen-bond acceptors (Lipinski definition) is 6. The highest BCUT2D eigenvalue weighted by atomic mass is 16.6. The van der Waals surface area contributed by atoms with Crippen molar-refractivity contribution in [2.75, 3.05) is 18.1 Å². The molecule has 1 N–H and O–H groups in total. The van der Waals surface area contributed by atoms with Crippen LogP contribution >= 0.6 is 0 Å². The largest absolute Gasteiger partial charge is 0.396 e. The van der Waals surface area contributed by atoms with Gasteiger partial charge < -0.3 is 5.11 Å². The quantitative estimate of drug-likeness (QED) is 0.491. The van der Waals surface area contributed by atoms with Crippen molar-refractivity contribution < 1.29 is 19.6 Å². The summed E-state index contributed by atoms with van der Waals surface area (Å²) in [5.74, 6) is -0.681. The van der Waals surface area contributed by atoms with Gasteiger partial charge in [-0.25, -0.2) is 4.90 Å². The van der Waals surface area contributed by atoms with Gasteiger partial charge in [-0.3, -0.25) is 24.6 Å². The molecule has 2 heterocycles. The second-order valence-electron chi connectivity index (χ2n) is 6.46. The molecule has 8 nitrogen and oxygen atoms in total. The summed E-state index contributed by atoms with van der Waals surface area (Å²) < 4.78 is 0. The fraction of sp³-hybridized carbons (Fsp3) is 0.529. The van der Waals surface area contributed by atoms with Gasteiger partial charge in [-0.1, -0.05) is 12.5 Å². The van der Waals surface area contributed by atoms with Gasteiger partial charge in [0.05, 0.1) is 23.1 Å². The van der Waals surface area contributed by atoms with Crippen LogP contribution in [0.2, 0.25) is 0 Å². The molecule has 2 aliphatic rings. The number of piperidine rings is 1. The Morgan fingerprint density at radius 3 is 2.80 bits per heavy atom. The molecule has 0 aromatic heterocycles. The second-order valence-corrected chi connectivity index (χ2v) is 6.46. The van der Waals surface area contributed by atoms with Crippen LogP contribution in [-0.2, 0) is 9.59 Å². The molecule has 2 aliphatic heterocycles. The van der Waals surface area contributed by atoms with Gasteiger partial charge >= 0.3 is 0 Å². The number of hydrogen-bond donors (Lipinski definition) is 1. The Morgan fingerprint density at radius 1 is 1.28 bits per heavy atom. The van der Waals surface area contributed by atoms with E-state index < -0.39 is 11.0 Å². The van der Waals surface area contributed by atoms with Crippen LogP contribution in [0.25, 0.3) is 0 Å². The van der Waals surface area contributed by atoms with E-state index in [9.17, 15) is 24.8 Å². The van der Waals surface area contributed by atoms with Crippen LogP contribution in [0, 0.1) is 10.1 Å². The maximum absolute atomic E-state index is 12.9. The van der Waals surface area contributed by atoms with Crippen molar-refractivity contribution in [3.05, 3.63) is 34.4 Å². The number of carbonyl (C=O) groups is 2. The Morgan fingerprint density at radius 2 is 2.08 bits per heavy atom. The van der Waals surface area contributed by atoms with Crippen LogP contribution in [0.1, 0.15) is 32.1 Å². The van der Waals surface area contributed by atoms with Gasteiger partial charge in [-0.05, 0) is 31.9 Å². The van der Waals surface area contributed by atoms with E-state index in [0.717, 1.165) is 30.7 Å². The molecule has 0 radical (unpaired) electrons. The molecule has 2 saturated heterocycles. The first-order chi connectivity index (χ1) is 12.0. The van der Waals surface area contributed by atoms with E-state index in [1.807, 2.05) is 4.90 Å². The molecular formula is C17H21N3O5. The normalized spacial score (nSPS) is 24.8. The monoisotopic (exact) mass is 347 g/mol. The Labute approximate surface area is 145 Å². The summed E-state index contributed by atoms with van der Waals surface area (Å²) in [6.07, 6.45) is 3.55. The van der Waals surface area contributed by atoms with Gasteiger partial charge in [-0.15, -0.1) is 0 Å². The summed E-state index contributed by atoms with van der Waals surface area (Å²) in [6.45, 7) is 0.766. The molecular weight excluding hydrogens is 326 g/mol. The molecule has 8 heteroatoms. The smallest absolute Gasteiger partial charge is 0.271 e. The number of aliphatic hydroxyl groups is 1. The summed E-state index contributed by atoms with van der Waals surface area (Å²) in [5.41, 5.74) is 0.0834. The molecule has 1 aromatic carbocycles. The van der Waals surface area contributed by atoms with Crippen LogP contribution in [-0.4, -0.2) is 52.0 Å². The maximum Gasteiger partial charge on any atom is 0.271 e. The van der Waals surface area contributed by atoms with Crippen LogP contribution in [0.4, 0.5) is 11.4 Å². The summed E-state index contributed by atoms with van der Waals surface area (Å²) in [4.78, 5) is 38.8. The first-order valence-corrected chi connectivity index (χ1v) is 8.51. The molecule has 2 fully saturated rings. The van der Waals surface area contributed by atoms with Gasteiger partial charge in [0.25, 0.3) is 11.6 Å². The minimum atomic E-state index is -0.552. The molecule has 3 rings (SSSR count). The van der Waals surface area contributed by atoms with Crippen LogP contribution in [0.3, 0.4) is 0 Å². The number of nitro groups is 1. The van der Waals surface area contributed by atoms with Gasteiger partial charge in [0.1, 0.15) is 0 Å². The summed E-state index contributed by atoms with van der Waals surface area (Å²) in [5, 5.41) is 20.2. The topological polar surface area (TPSA) is 104 Å². The van der Waals surface area contributed by atoms with Crippen molar-refractivity contribution in [2.24, 2.45) is 0 Å². The molecule has 2 atom stereocenters. The molecule has 0 saturated carbocycles. The van der Waals surface area contributed by atoms with E-state index in [1.165, 1.54) is 24.3 Å². The van der Waals surface area contributed by atoms with E-state index in [1.54, 1.807) is 0 Å². The third-order valence-corrected chi connectivity index (χ3v) is 4.96. The standard InChI is InChI=1S/C17H21N3O5/c21-9-7-12-4-1-2-8-18(12)15-11-16(22)19(17(15)23)13-5-3-6-14(10-13)20(24)25/h3,5-6,10,12,15,21H,1-2,4,7-9,11H2/t12-,15+/m1/s1. The number of aliphatic hydroxyl groups excluding tert-OH is 1.